The van der Waals surface area contributed by atoms with E-state index in [0.29, 0.717) is 5.56 Å². The molecule has 1 aliphatic rings. The molecule has 2 heterocycles. The molecular weight excluding hydrogens is 439 g/mol. The van der Waals surface area contributed by atoms with Crippen molar-refractivity contribution in [2.24, 2.45) is 0 Å². The van der Waals surface area contributed by atoms with E-state index < -0.39 is 29.1 Å². The highest BCUT2D eigenvalue weighted by molar-refractivity contribution is 6.15. The van der Waals surface area contributed by atoms with Crippen molar-refractivity contribution in [2.75, 3.05) is 12.0 Å². The predicted molar refractivity (Wildman–Crippen MR) is 123 cm³/mol. The highest BCUT2D eigenvalue weighted by Crippen LogP contribution is 2.34. The van der Waals surface area contributed by atoms with Gasteiger partial charge in [0.2, 0.25) is 5.91 Å². The molecule has 8 nitrogen and oxygen atoms in total. The van der Waals surface area contributed by atoms with Crippen LogP contribution in [0.1, 0.15) is 44.6 Å². The lowest BCUT2D eigenvalue weighted by atomic mass is 9.93. The maximum atomic E-state index is 14.5. The Bertz CT molecular complexity index is 1280. The maximum absolute atomic E-state index is 14.5. The van der Waals surface area contributed by atoms with Crippen LogP contribution in [0.3, 0.4) is 0 Å². The van der Waals surface area contributed by atoms with Crippen molar-refractivity contribution in [2.45, 2.75) is 39.4 Å². The minimum atomic E-state index is -1.43. The van der Waals surface area contributed by atoms with Gasteiger partial charge in [-0.3, -0.25) is 14.5 Å². The third kappa shape index (κ3) is 3.93. The molecule has 1 aromatic heterocycles. The number of esters is 1. The Morgan fingerprint density at radius 2 is 1.88 bits per heavy atom. The van der Waals surface area contributed by atoms with Crippen LogP contribution in [0.4, 0.5) is 10.1 Å². The average molecular weight is 464 g/mol. The van der Waals surface area contributed by atoms with E-state index in [0.717, 1.165) is 11.1 Å². The number of imidazole rings is 1. The molecule has 1 atom stereocenters. The number of aryl methyl sites for hydroxylation is 2. The number of amides is 2. The summed E-state index contributed by atoms with van der Waals surface area (Å²) in [5.41, 5.74) is 0.993. The fourth-order valence-electron chi connectivity index (χ4n) is 4.08. The van der Waals surface area contributed by atoms with Gasteiger partial charge in [0.15, 0.2) is 5.69 Å². The second-order valence-corrected chi connectivity index (χ2v) is 8.58. The summed E-state index contributed by atoms with van der Waals surface area (Å²) >= 11 is 0. The zero-order valence-corrected chi connectivity index (χ0v) is 19.4. The zero-order valence-electron chi connectivity index (χ0n) is 19.4. The smallest absolute Gasteiger partial charge is 0.359 e. The molecule has 2 amide bonds. The number of halogens is 1. The topological polar surface area (TPSA) is 93.5 Å². The summed E-state index contributed by atoms with van der Waals surface area (Å²) in [7, 11) is 1.19. The lowest BCUT2D eigenvalue weighted by Crippen LogP contribution is -2.64. The number of ether oxygens (including phenoxy) is 1. The van der Waals surface area contributed by atoms with Gasteiger partial charge in [-0.05, 0) is 44.0 Å². The number of benzene rings is 2. The molecule has 0 saturated heterocycles. The standard InChI is InChI=1S/C25H25FN4O4/c1-15-5-8-17(9-6-15)12-27-24(33)25(3)13-29-14-28-20(23(32)34-4)21(29)22(31)30(25)18-10-7-16(2)19(26)11-18/h5-11,14H,12-13H2,1-4H3,(H,27,33). The molecule has 0 fully saturated rings. The number of nitrogens with zero attached hydrogens (tertiary/aromatic N) is 3. The number of hydrogen-bond acceptors (Lipinski definition) is 5. The molecule has 0 aliphatic carbocycles. The molecule has 4 rings (SSSR count). The van der Waals surface area contributed by atoms with Crippen molar-refractivity contribution >= 4 is 23.5 Å². The number of rotatable bonds is 5. The first-order valence-corrected chi connectivity index (χ1v) is 10.7. The van der Waals surface area contributed by atoms with Crippen LogP contribution in [0.5, 0.6) is 0 Å². The van der Waals surface area contributed by atoms with E-state index >= 15 is 0 Å². The first kappa shape index (κ1) is 23.2. The Hall–Kier alpha value is -4.01. The first-order valence-electron chi connectivity index (χ1n) is 10.7. The molecule has 1 N–H and O–H groups in total. The minimum absolute atomic E-state index is 0.00724. The Labute approximate surface area is 196 Å². The van der Waals surface area contributed by atoms with Crippen molar-refractivity contribution in [1.29, 1.82) is 0 Å². The van der Waals surface area contributed by atoms with Gasteiger partial charge in [-0.25, -0.2) is 14.2 Å². The molecular formula is C25H25FN4O4. The van der Waals surface area contributed by atoms with Crippen LogP contribution in [-0.4, -0.2) is 40.0 Å². The maximum Gasteiger partial charge on any atom is 0.359 e. The van der Waals surface area contributed by atoms with Gasteiger partial charge in [0.25, 0.3) is 5.91 Å². The van der Waals surface area contributed by atoms with Crippen molar-refractivity contribution in [1.82, 2.24) is 14.9 Å². The SMILES string of the molecule is COC(=O)c1ncn2c1C(=O)N(c1ccc(C)c(F)c1)C(C)(C(=O)NCc1ccc(C)cc1)C2. The molecule has 0 bridgehead atoms. The number of fused-ring (bicyclic) bond motifs is 1. The van der Waals surface area contributed by atoms with Crippen LogP contribution in [0.2, 0.25) is 0 Å². The fraction of sp³-hybridized carbons (Fsp3) is 0.280. The largest absolute Gasteiger partial charge is 0.464 e. The quantitative estimate of drug-likeness (QED) is 0.586. The number of carbonyl (C=O) groups excluding carboxylic acids is 3. The van der Waals surface area contributed by atoms with E-state index in [1.54, 1.807) is 19.9 Å². The third-order valence-corrected chi connectivity index (χ3v) is 6.07. The number of anilines is 1. The molecule has 3 aromatic rings. The zero-order chi connectivity index (χ0) is 24.6. The summed E-state index contributed by atoms with van der Waals surface area (Å²) in [6.07, 6.45) is 1.33. The molecule has 1 unspecified atom stereocenters. The Kier molecular flexibility index (Phi) is 5.95. The number of nitrogens with one attached hydrogen (secondary N) is 1. The van der Waals surface area contributed by atoms with Crippen LogP contribution in [0.15, 0.2) is 48.8 Å². The van der Waals surface area contributed by atoms with Crippen molar-refractivity contribution in [3.8, 4) is 0 Å². The van der Waals surface area contributed by atoms with E-state index in [2.05, 4.69) is 10.3 Å². The average Bonchev–Trinajstić information content (AvgIpc) is 3.24. The first-order chi connectivity index (χ1) is 16.2. The summed E-state index contributed by atoms with van der Waals surface area (Å²) in [6.45, 7) is 5.44. The monoisotopic (exact) mass is 464 g/mol. The predicted octanol–water partition coefficient (Wildman–Crippen LogP) is 3.16. The lowest BCUT2D eigenvalue weighted by Gasteiger charge is -2.43. The van der Waals surface area contributed by atoms with Gasteiger partial charge in [-0.15, -0.1) is 0 Å². The van der Waals surface area contributed by atoms with E-state index in [9.17, 15) is 18.8 Å². The van der Waals surface area contributed by atoms with Crippen LogP contribution in [-0.2, 0) is 22.6 Å². The normalized spacial score (nSPS) is 17.3. The van der Waals surface area contributed by atoms with Gasteiger partial charge in [-0.1, -0.05) is 35.9 Å². The molecule has 0 radical (unpaired) electrons. The molecule has 9 heteroatoms. The van der Waals surface area contributed by atoms with E-state index in [-0.39, 0.29) is 30.2 Å². The van der Waals surface area contributed by atoms with Gasteiger partial charge in [0.05, 0.1) is 20.0 Å². The van der Waals surface area contributed by atoms with E-state index in [1.165, 1.54) is 35.0 Å². The van der Waals surface area contributed by atoms with Crippen molar-refractivity contribution in [3.05, 3.63) is 82.7 Å². The van der Waals surface area contributed by atoms with Crippen LogP contribution >= 0.6 is 0 Å². The number of carbonyl (C=O) groups is 3. The van der Waals surface area contributed by atoms with Crippen molar-refractivity contribution < 1.29 is 23.5 Å². The van der Waals surface area contributed by atoms with Crippen LogP contribution in [0, 0.1) is 19.7 Å². The number of hydrogen-bond donors (Lipinski definition) is 1. The minimum Gasteiger partial charge on any atom is -0.464 e. The molecule has 2 aromatic carbocycles. The second kappa shape index (κ2) is 8.74. The van der Waals surface area contributed by atoms with Gasteiger partial charge in [0, 0.05) is 12.2 Å². The fourth-order valence-corrected chi connectivity index (χ4v) is 4.08. The van der Waals surface area contributed by atoms with Gasteiger partial charge in [-0.2, -0.15) is 0 Å². The molecule has 176 valence electrons. The van der Waals surface area contributed by atoms with Crippen molar-refractivity contribution in [3.63, 3.8) is 0 Å². The molecule has 0 spiro atoms. The lowest BCUT2D eigenvalue weighted by molar-refractivity contribution is -0.126. The van der Waals surface area contributed by atoms with Gasteiger partial charge in [0.1, 0.15) is 17.1 Å². The Morgan fingerprint density at radius 3 is 2.53 bits per heavy atom. The third-order valence-electron chi connectivity index (χ3n) is 6.07. The highest BCUT2D eigenvalue weighted by atomic mass is 19.1. The van der Waals surface area contributed by atoms with Gasteiger partial charge >= 0.3 is 5.97 Å². The Morgan fingerprint density at radius 1 is 1.18 bits per heavy atom. The van der Waals surface area contributed by atoms with E-state index in [1.807, 2.05) is 31.2 Å². The highest BCUT2D eigenvalue weighted by Gasteiger charge is 2.49. The molecule has 34 heavy (non-hydrogen) atoms. The summed E-state index contributed by atoms with van der Waals surface area (Å²) in [5, 5.41) is 2.89. The Balaban J connectivity index is 1.76. The van der Waals surface area contributed by atoms with Crippen LogP contribution in [0.25, 0.3) is 0 Å². The number of aromatic nitrogens is 2. The molecule has 0 saturated carbocycles. The summed E-state index contributed by atoms with van der Waals surface area (Å²) < 4.78 is 20.7. The summed E-state index contributed by atoms with van der Waals surface area (Å²) in [6, 6.07) is 12.0. The summed E-state index contributed by atoms with van der Waals surface area (Å²) in [4.78, 5) is 44.7. The summed E-state index contributed by atoms with van der Waals surface area (Å²) in [5.74, 6) is -2.37. The van der Waals surface area contributed by atoms with Crippen LogP contribution < -0.4 is 10.2 Å². The second-order valence-electron chi connectivity index (χ2n) is 8.58. The van der Waals surface area contributed by atoms with Gasteiger partial charge < -0.3 is 14.6 Å². The molecule has 1 aliphatic heterocycles. The van der Waals surface area contributed by atoms with E-state index in [4.69, 9.17) is 4.74 Å². The number of methoxy groups -OCH3 is 1.